The van der Waals surface area contributed by atoms with E-state index in [0.717, 1.165) is 4.90 Å². The quantitative estimate of drug-likeness (QED) is 0.420. The molecule has 0 saturated carbocycles. The van der Waals surface area contributed by atoms with Gasteiger partial charge in [-0.2, -0.15) is 0 Å². The molecule has 0 heterocycles. The Kier molecular flexibility index (Phi) is 4.12. The number of esters is 1. The Hall–Kier alpha value is -1.22. The van der Waals surface area contributed by atoms with Gasteiger partial charge in [0.2, 0.25) is 0 Å². The lowest BCUT2D eigenvalue weighted by Gasteiger charge is -1.93. The second-order valence-electron chi connectivity index (χ2n) is 2.26. The maximum Gasteiger partial charge on any atom is 0.330 e. The molecule has 0 bridgehead atoms. The van der Waals surface area contributed by atoms with Crippen molar-refractivity contribution in [2.24, 2.45) is 0 Å². The predicted molar refractivity (Wildman–Crippen MR) is 53.5 cm³/mol. The van der Waals surface area contributed by atoms with Crippen molar-refractivity contribution in [2.45, 2.75) is 4.90 Å². The number of carbonyl (C=O) groups excluding carboxylic acids is 1. The minimum atomic E-state index is -0.330. The van der Waals surface area contributed by atoms with Gasteiger partial charge in [-0.15, -0.1) is 0 Å². The van der Waals surface area contributed by atoms with Gasteiger partial charge in [0.05, 0.1) is 7.11 Å². The normalized spacial score (nSPS) is 10.2. The summed E-state index contributed by atoms with van der Waals surface area (Å²) in [6.45, 7) is 0. The minimum Gasteiger partial charge on any atom is -0.466 e. The van der Waals surface area contributed by atoms with Gasteiger partial charge in [-0.3, -0.25) is 0 Å². The summed E-state index contributed by atoms with van der Waals surface area (Å²) < 4.78 is 4.45. The van der Waals surface area contributed by atoms with Crippen LogP contribution in [0, 0.1) is 0 Å². The molecule has 0 radical (unpaired) electrons. The Morgan fingerprint density at radius 1 is 1.38 bits per heavy atom. The molecule has 1 aromatic rings. The molecule has 0 spiro atoms. The fourth-order valence-electron chi connectivity index (χ4n) is 0.735. The van der Waals surface area contributed by atoms with Gasteiger partial charge in [-0.1, -0.05) is 30.0 Å². The average Bonchev–Trinajstić information content (AvgIpc) is 2.19. The van der Waals surface area contributed by atoms with Gasteiger partial charge in [0.1, 0.15) is 0 Å². The third-order valence-electron chi connectivity index (χ3n) is 1.35. The first-order chi connectivity index (χ1) is 6.33. The van der Waals surface area contributed by atoms with E-state index >= 15 is 0 Å². The van der Waals surface area contributed by atoms with E-state index in [4.69, 9.17) is 0 Å². The van der Waals surface area contributed by atoms with Crippen molar-refractivity contribution < 1.29 is 9.53 Å². The summed E-state index contributed by atoms with van der Waals surface area (Å²) in [6, 6.07) is 9.81. The monoisotopic (exact) mass is 194 g/mol. The van der Waals surface area contributed by atoms with Gasteiger partial charge < -0.3 is 4.74 Å². The van der Waals surface area contributed by atoms with Crippen LogP contribution in [-0.2, 0) is 9.53 Å². The molecule has 2 nitrogen and oxygen atoms in total. The molecule has 0 unspecified atom stereocenters. The molecule has 0 N–H and O–H groups in total. The fraction of sp³-hybridized carbons (Fsp3) is 0.100. The first-order valence-corrected chi connectivity index (χ1v) is 4.67. The van der Waals surface area contributed by atoms with E-state index in [0.29, 0.717) is 0 Å². The first-order valence-electron chi connectivity index (χ1n) is 3.79. The number of methoxy groups -OCH3 is 1. The maximum absolute atomic E-state index is 10.7. The van der Waals surface area contributed by atoms with Crippen LogP contribution >= 0.6 is 11.8 Å². The zero-order valence-electron chi connectivity index (χ0n) is 7.27. The number of benzene rings is 1. The molecule has 0 saturated heterocycles. The average molecular weight is 194 g/mol. The minimum absolute atomic E-state index is 0.330. The second-order valence-corrected chi connectivity index (χ2v) is 3.24. The summed E-state index contributed by atoms with van der Waals surface area (Å²) >= 11 is 1.48. The molecule has 68 valence electrons. The van der Waals surface area contributed by atoms with Gasteiger partial charge >= 0.3 is 5.97 Å². The van der Waals surface area contributed by atoms with Crippen LogP contribution < -0.4 is 0 Å². The number of carbonyl (C=O) groups is 1. The van der Waals surface area contributed by atoms with E-state index in [2.05, 4.69) is 4.74 Å². The van der Waals surface area contributed by atoms with E-state index in [1.54, 1.807) is 5.41 Å². The molecular formula is C10H10O2S. The summed E-state index contributed by atoms with van der Waals surface area (Å²) in [5, 5.41) is 1.71. The zero-order chi connectivity index (χ0) is 9.52. The molecule has 13 heavy (non-hydrogen) atoms. The van der Waals surface area contributed by atoms with E-state index in [1.165, 1.54) is 24.9 Å². The Bertz CT molecular complexity index is 293. The molecule has 0 aromatic heterocycles. The lowest BCUT2D eigenvalue weighted by molar-refractivity contribution is -0.134. The highest BCUT2D eigenvalue weighted by Crippen LogP contribution is 2.17. The van der Waals surface area contributed by atoms with Crippen molar-refractivity contribution in [3.8, 4) is 0 Å². The van der Waals surface area contributed by atoms with E-state index in [1.807, 2.05) is 30.3 Å². The molecule has 0 aliphatic heterocycles. The number of hydrogen-bond donors (Lipinski definition) is 0. The molecule has 1 aromatic carbocycles. The Morgan fingerprint density at radius 2 is 2.08 bits per heavy atom. The Balaban J connectivity index is 2.44. The SMILES string of the molecule is COC(=O)C=CSc1ccccc1. The van der Waals surface area contributed by atoms with Gasteiger partial charge in [0.25, 0.3) is 0 Å². The van der Waals surface area contributed by atoms with E-state index in [-0.39, 0.29) is 5.97 Å². The molecule has 0 aliphatic rings. The largest absolute Gasteiger partial charge is 0.466 e. The van der Waals surface area contributed by atoms with Crippen LogP contribution in [0.25, 0.3) is 0 Å². The van der Waals surface area contributed by atoms with Gasteiger partial charge in [0.15, 0.2) is 0 Å². The molecule has 0 fully saturated rings. The van der Waals surface area contributed by atoms with Crippen molar-refractivity contribution in [3.63, 3.8) is 0 Å². The van der Waals surface area contributed by atoms with Crippen LogP contribution in [0.3, 0.4) is 0 Å². The summed E-state index contributed by atoms with van der Waals surface area (Å²) in [5.41, 5.74) is 0. The van der Waals surface area contributed by atoms with Crippen molar-refractivity contribution in [1.82, 2.24) is 0 Å². The van der Waals surface area contributed by atoms with Gasteiger partial charge in [0, 0.05) is 11.0 Å². The summed E-state index contributed by atoms with van der Waals surface area (Å²) in [7, 11) is 1.36. The summed E-state index contributed by atoms with van der Waals surface area (Å²) in [4.78, 5) is 11.8. The third-order valence-corrected chi connectivity index (χ3v) is 2.17. The van der Waals surface area contributed by atoms with Crippen LogP contribution in [0.2, 0.25) is 0 Å². The fourth-order valence-corrected chi connectivity index (χ4v) is 1.39. The highest BCUT2D eigenvalue weighted by molar-refractivity contribution is 8.02. The molecule has 1 rings (SSSR count). The van der Waals surface area contributed by atoms with Crippen LogP contribution in [0.4, 0.5) is 0 Å². The second kappa shape index (κ2) is 5.43. The van der Waals surface area contributed by atoms with Crippen molar-refractivity contribution in [1.29, 1.82) is 0 Å². The van der Waals surface area contributed by atoms with E-state index < -0.39 is 0 Å². The van der Waals surface area contributed by atoms with E-state index in [9.17, 15) is 4.79 Å². The topological polar surface area (TPSA) is 26.3 Å². The molecule has 0 atom stereocenters. The summed E-state index contributed by atoms with van der Waals surface area (Å²) in [6.07, 6.45) is 1.40. The molecular weight excluding hydrogens is 184 g/mol. The van der Waals surface area contributed by atoms with Crippen LogP contribution in [-0.4, -0.2) is 13.1 Å². The highest BCUT2D eigenvalue weighted by atomic mass is 32.2. The van der Waals surface area contributed by atoms with Gasteiger partial charge in [-0.25, -0.2) is 4.79 Å². The zero-order valence-corrected chi connectivity index (χ0v) is 8.08. The van der Waals surface area contributed by atoms with Crippen LogP contribution in [0.15, 0.2) is 46.7 Å². The molecule has 0 amide bonds. The summed E-state index contributed by atoms with van der Waals surface area (Å²) in [5.74, 6) is -0.330. The van der Waals surface area contributed by atoms with Crippen LogP contribution in [0.1, 0.15) is 0 Å². The van der Waals surface area contributed by atoms with Crippen molar-refractivity contribution >= 4 is 17.7 Å². The third kappa shape index (κ3) is 3.80. The first kappa shape index (κ1) is 9.86. The number of thioether (sulfide) groups is 1. The predicted octanol–water partition coefficient (Wildman–Crippen LogP) is 2.47. The van der Waals surface area contributed by atoms with Crippen molar-refractivity contribution in [2.75, 3.05) is 7.11 Å². The Morgan fingerprint density at radius 3 is 2.69 bits per heavy atom. The number of rotatable bonds is 3. The maximum atomic E-state index is 10.7. The molecule has 0 aliphatic carbocycles. The van der Waals surface area contributed by atoms with Gasteiger partial charge in [-0.05, 0) is 17.5 Å². The standard InChI is InChI=1S/C10H10O2S/c1-12-10(11)7-8-13-9-5-3-2-4-6-9/h2-8H,1H3. The lowest BCUT2D eigenvalue weighted by atomic mass is 10.4. The molecule has 3 heteroatoms. The smallest absolute Gasteiger partial charge is 0.330 e. The van der Waals surface area contributed by atoms with Crippen molar-refractivity contribution in [3.05, 3.63) is 41.8 Å². The number of hydrogen-bond acceptors (Lipinski definition) is 3. The number of ether oxygens (including phenoxy) is 1. The highest BCUT2D eigenvalue weighted by Gasteiger charge is 1.90. The Labute approximate surface area is 81.6 Å². The lowest BCUT2D eigenvalue weighted by Crippen LogP contribution is -1.92. The van der Waals surface area contributed by atoms with Crippen LogP contribution in [0.5, 0.6) is 0 Å².